The molecule has 2 unspecified atom stereocenters. The van der Waals surface area contributed by atoms with Crippen LogP contribution in [0.4, 0.5) is 11.4 Å². The van der Waals surface area contributed by atoms with Crippen molar-refractivity contribution in [3.63, 3.8) is 0 Å². The molecule has 1 aromatic carbocycles. The maximum atomic E-state index is 13.0. The third kappa shape index (κ3) is 2.16. The Kier molecular flexibility index (Phi) is 3.22. The molecule has 2 N–H and O–H groups in total. The van der Waals surface area contributed by atoms with Crippen LogP contribution in [0.5, 0.6) is 0 Å². The smallest absolute Gasteiger partial charge is 0.256 e. The number of carbonyl (C=O) groups is 1. The van der Waals surface area contributed by atoms with Crippen LogP contribution >= 0.6 is 0 Å². The highest BCUT2D eigenvalue weighted by atomic mass is 16.5. The fraction of sp³-hybridized carbons (Fsp3) is 0.562. The quantitative estimate of drug-likeness (QED) is 0.828. The van der Waals surface area contributed by atoms with Crippen LogP contribution in [0.1, 0.15) is 29.6 Å². The second kappa shape index (κ2) is 5.22. The van der Waals surface area contributed by atoms with Crippen LogP contribution in [0, 0.1) is 0 Å². The molecule has 4 rings (SSSR count). The minimum Gasteiger partial charge on any atom is -0.382 e. The van der Waals surface area contributed by atoms with E-state index in [4.69, 9.17) is 4.74 Å². The Labute approximate surface area is 124 Å². The molecule has 5 heteroatoms. The Hall–Kier alpha value is -1.75. The van der Waals surface area contributed by atoms with E-state index in [2.05, 4.69) is 10.6 Å². The minimum absolute atomic E-state index is 0.142. The van der Waals surface area contributed by atoms with Crippen molar-refractivity contribution >= 4 is 17.3 Å². The first-order chi connectivity index (χ1) is 10.3. The summed E-state index contributed by atoms with van der Waals surface area (Å²) in [4.78, 5) is 15.1. The highest BCUT2D eigenvalue weighted by molar-refractivity contribution is 6.03. The molecule has 1 aromatic rings. The molecular formula is C16H21N3O2. The van der Waals surface area contributed by atoms with E-state index >= 15 is 0 Å². The monoisotopic (exact) mass is 287 g/mol. The van der Waals surface area contributed by atoms with E-state index in [1.165, 1.54) is 0 Å². The maximum absolute atomic E-state index is 13.0. The van der Waals surface area contributed by atoms with E-state index in [9.17, 15) is 4.79 Å². The van der Waals surface area contributed by atoms with Gasteiger partial charge in [0.25, 0.3) is 5.91 Å². The number of nitrogens with zero attached hydrogens (tertiary/aromatic N) is 1. The molecule has 3 aliphatic rings. The number of carbonyl (C=O) groups excluding carboxylic acids is 1. The maximum Gasteiger partial charge on any atom is 0.256 e. The third-order valence-corrected chi connectivity index (χ3v) is 4.78. The number of nitrogens with one attached hydrogen (secondary N) is 2. The second-order valence-electron chi connectivity index (χ2n) is 5.99. The third-order valence-electron chi connectivity index (χ3n) is 4.78. The number of benzene rings is 1. The molecule has 2 fully saturated rings. The number of amides is 1. The lowest BCUT2D eigenvalue weighted by Crippen LogP contribution is -2.51. The molecule has 1 aliphatic carbocycles. The number of fused-ring (bicyclic) bond motifs is 2. The van der Waals surface area contributed by atoms with Crippen LogP contribution in [-0.2, 0) is 4.74 Å². The van der Waals surface area contributed by atoms with E-state index < -0.39 is 0 Å². The summed E-state index contributed by atoms with van der Waals surface area (Å²) in [6.45, 7) is 3.12. The average molecular weight is 287 g/mol. The highest BCUT2D eigenvalue weighted by Gasteiger charge is 2.39. The van der Waals surface area contributed by atoms with Gasteiger partial charge in [-0.1, -0.05) is 6.07 Å². The molecule has 2 atom stereocenters. The van der Waals surface area contributed by atoms with Gasteiger partial charge in [0.1, 0.15) is 0 Å². The van der Waals surface area contributed by atoms with Gasteiger partial charge >= 0.3 is 0 Å². The van der Waals surface area contributed by atoms with Gasteiger partial charge in [-0.3, -0.25) is 4.79 Å². The lowest BCUT2D eigenvalue weighted by molar-refractivity contribution is -0.0445. The summed E-state index contributed by atoms with van der Waals surface area (Å²) in [5.41, 5.74) is 2.77. The molecular weight excluding hydrogens is 266 g/mol. The first-order valence-corrected chi connectivity index (χ1v) is 7.88. The zero-order valence-electron chi connectivity index (χ0n) is 12.1. The standard InChI is InChI=1S/C16H21N3O2/c20-16(19-9-10-21-14-6-2-5-13(14)19)11-3-1-4-12-15(11)18-8-7-17-12/h1,3-4,13-14,17-18H,2,5-10H2. The predicted octanol–water partition coefficient (Wildman–Crippen LogP) is 1.92. The van der Waals surface area contributed by atoms with Gasteiger partial charge in [0.15, 0.2) is 0 Å². The van der Waals surface area contributed by atoms with Crippen LogP contribution < -0.4 is 10.6 Å². The van der Waals surface area contributed by atoms with Gasteiger partial charge in [-0.15, -0.1) is 0 Å². The van der Waals surface area contributed by atoms with Crippen molar-refractivity contribution in [2.24, 2.45) is 0 Å². The lowest BCUT2D eigenvalue weighted by atomic mass is 10.0. The van der Waals surface area contributed by atoms with Crippen LogP contribution in [-0.4, -0.2) is 49.2 Å². The zero-order valence-corrected chi connectivity index (χ0v) is 12.1. The lowest BCUT2D eigenvalue weighted by Gasteiger charge is -2.38. The fourth-order valence-corrected chi connectivity index (χ4v) is 3.79. The first-order valence-electron chi connectivity index (χ1n) is 7.88. The SMILES string of the molecule is O=C(c1cccc2c1NCCN2)N1CCOC2CCCC21. The van der Waals surface area contributed by atoms with Crippen molar-refractivity contribution in [3.8, 4) is 0 Å². The number of para-hydroxylation sites is 1. The Balaban J connectivity index is 1.65. The molecule has 5 nitrogen and oxygen atoms in total. The summed E-state index contributed by atoms with van der Waals surface area (Å²) in [5, 5.41) is 6.72. The zero-order chi connectivity index (χ0) is 14.2. The molecule has 1 saturated heterocycles. The number of hydrogen-bond acceptors (Lipinski definition) is 4. The summed E-state index contributed by atoms with van der Waals surface area (Å²) in [6, 6.07) is 6.17. The van der Waals surface area contributed by atoms with E-state index in [0.717, 1.165) is 49.3 Å². The molecule has 1 amide bonds. The largest absolute Gasteiger partial charge is 0.382 e. The summed E-state index contributed by atoms with van der Waals surface area (Å²) in [5.74, 6) is 0.142. The van der Waals surface area contributed by atoms with Crippen molar-refractivity contribution < 1.29 is 9.53 Å². The van der Waals surface area contributed by atoms with Gasteiger partial charge < -0.3 is 20.3 Å². The van der Waals surface area contributed by atoms with Crippen molar-refractivity contribution in [1.29, 1.82) is 0 Å². The van der Waals surface area contributed by atoms with E-state index in [0.29, 0.717) is 13.2 Å². The van der Waals surface area contributed by atoms with Gasteiger partial charge in [0.2, 0.25) is 0 Å². The van der Waals surface area contributed by atoms with Crippen molar-refractivity contribution in [2.75, 3.05) is 36.9 Å². The summed E-state index contributed by atoms with van der Waals surface area (Å²) < 4.78 is 5.81. The molecule has 0 spiro atoms. The van der Waals surface area contributed by atoms with Gasteiger partial charge in [0.05, 0.1) is 35.7 Å². The predicted molar refractivity (Wildman–Crippen MR) is 81.8 cm³/mol. The van der Waals surface area contributed by atoms with Crippen molar-refractivity contribution in [3.05, 3.63) is 23.8 Å². The molecule has 0 radical (unpaired) electrons. The molecule has 1 saturated carbocycles. The van der Waals surface area contributed by atoms with Gasteiger partial charge in [-0.25, -0.2) is 0 Å². The van der Waals surface area contributed by atoms with E-state index in [1.807, 2.05) is 23.1 Å². The van der Waals surface area contributed by atoms with E-state index in [1.54, 1.807) is 0 Å². The number of anilines is 2. The summed E-state index contributed by atoms with van der Waals surface area (Å²) in [6.07, 6.45) is 3.55. The number of rotatable bonds is 1. The topological polar surface area (TPSA) is 53.6 Å². The molecule has 21 heavy (non-hydrogen) atoms. The Bertz CT molecular complexity index is 560. The summed E-state index contributed by atoms with van der Waals surface area (Å²) in [7, 11) is 0. The first kappa shape index (κ1) is 13.0. The average Bonchev–Trinajstić information content (AvgIpc) is 3.02. The minimum atomic E-state index is 0.142. The number of hydrogen-bond donors (Lipinski definition) is 2. The summed E-state index contributed by atoms with van der Waals surface area (Å²) >= 11 is 0. The second-order valence-corrected chi connectivity index (χ2v) is 5.99. The number of morpholine rings is 1. The van der Waals surface area contributed by atoms with Gasteiger partial charge in [0, 0.05) is 19.6 Å². The Morgan fingerprint density at radius 1 is 1.24 bits per heavy atom. The van der Waals surface area contributed by atoms with Crippen LogP contribution in [0.15, 0.2) is 18.2 Å². The van der Waals surface area contributed by atoms with Crippen molar-refractivity contribution in [2.45, 2.75) is 31.4 Å². The number of ether oxygens (including phenoxy) is 1. The highest BCUT2D eigenvalue weighted by Crippen LogP contribution is 2.34. The molecule has 0 aromatic heterocycles. The van der Waals surface area contributed by atoms with Crippen LogP contribution in [0.3, 0.4) is 0 Å². The fourth-order valence-electron chi connectivity index (χ4n) is 3.79. The van der Waals surface area contributed by atoms with Crippen LogP contribution in [0.25, 0.3) is 0 Å². The molecule has 112 valence electrons. The van der Waals surface area contributed by atoms with Gasteiger partial charge in [-0.05, 0) is 31.4 Å². The van der Waals surface area contributed by atoms with Gasteiger partial charge in [-0.2, -0.15) is 0 Å². The van der Waals surface area contributed by atoms with Crippen LogP contribution in [0.2, 0.25) is 0 Å². The van der Waals surface area contributed by atoms with E-state index in [-0.39, 0.29) is 18.1 Å². The normalized spacial score (nSPS) is 27.3. The molecule has 2 heterocycles. The Morgan fingerprint density at radius 3 is 3.10 bits per heavy atom. The molecule has 2 aliphatic heterocycles. The molecule has 0 bridgehead atoms. The van der Waals surface area contributed by atoms with Crippen molar-refractivity contribution in [1.82, 2.24) is 4.90 Å². The Morgan fingerprint density at radius 2 is 2.14 bits per heavy atom.